The summed E-state index contributed by atoms with van der Waals surface area (Å²) in [6, 6.07) is 15.0. The number of carbonyl (C=O) groups excluding carboxylic acids is 2. The summed E-state index contributed by atoms with van der Waals surface area (Å²) in [6.45, 7) is 3.44. The van der Waals surface area contributed by atoms with Crippen LogP contribution in [0.4, 0.5) is 0 Å². The highest BCUT2D eigenvalue weighted by atomic mass is 35.5. The summed E-state index contributed by atoms with van der Waals surface area (Å²) in [6.07, 6.45) is 1.34. The van der Waals surface area contributed by atoms with E-state index in [-0.39, 0.29) is 23.4 Å². The first-order chi connectivity index (χ1) is 16.2. The molecule has 0 saturated carbocycles. The lowest BCUT2D eigenvalue weighted by atomic mass is 9.85. The van der Waals surface area contributed by atoms with E-state index in [4.69, 9.17) is 27.9 Å². The number of aromatic hydroxyl groups is 1. The molecule has 0 aliphatic carbocycles. The van der Waals surface area contributed by atoms with E-state index in [0.29, 0.717) is 10.0 Å². The van der Waals surface area contributed by atoms with Crippen LogP contribution in [0.3, 0.4) is 0 Å². The predicted octanol–water partition coefficient (Wildman–Crippen LogP) is 4.56. The fourth-order valence-corrected chi connectivity index (χ4v) is 3.89. The molecule has 0 bridgehead atoms. The Morgan fingerprint density at radius 3 is 1.94 bits per heavy atom. The maximum atomic E-state index is 12.9. The predicted molar refractivity (Wildman–Crippen MR) is 132 cm³/mol. The number of hydrogen-bond donors (Lipinski definition) is 3. The van der Waals surface area contributed by atoms with Gasteiger partial charge in [-0.1, -0.05) is 47.5 Å². The Bertz CT molecular complexity index is 1110. The van der Waals surface area contributed by atoms with Crippen molar-refractivity contribution in [2.75, 3.05) is 7.11 Å². The largest absolute Gasteiger partial charge is 0.503 e. The van der Waals surface area contributed by atoms with Crippen LogP contribution in [0.5, 0.6) is 11.5 Å². The number of nitrogens with zero attached hydrogens (tertiary/aromatic N) is 1. The van der Waals surface area contributed by atoms with Crippen molar-refractivity contribution in [1.29, 1.82) is 0 Å². The number of carbonyl (C=O) groups is 2. The fourth-order valence-electron chi connectivity index (χ4n) is 3.64. The Morgan fingerprint density at radius 2 is 1.44 bits per heavy atom. The second-order valence-electron chi connectivity index (χ2n) is 7.78. The Balaban J connectivity index is 1.76. The van der Waals surface area contributed by atoms with Crippen LogP contribution in [-0.2, 0) is 4.79 Å². The highest BCUT2D eigenvalue weighted by Crippen LogP contribution is 2.30. The Kier molecular flexibility index (Phi) is 8.36. The molecule has 34 heavy (non-hydrogen) atoms. The highest BCUT2D eigenvalue weighted by Gasteiger charge is 2.27. The van der Waals surface area contributed by atoms with E-state index in [2.05, 4.69) is 15.6 Å². The molecule has 1 aromatic heterocycles. The van der Waals surface area contributed by atoms with Gasteiger partial charge in [-0.05, 0) is 49.2 Å². The third-order valence-corrected chi connectivity index (χ3v) is 5.90. The zero-order valence-corrected chi connectivity index (χ0v) is 20.4. The molecule has 0 spiro atoms. The zero-order chi connectivity index (χ0) is 24.8. The van der Waals surface area contributed by atoms with E-state index in [1.165, 1.54) is 19.4 Å². The molecule has 1 heterocycles. The lowest BCUT2D eigenvalue weighted by molar-refractivity contribution is -0.123. The van der Waals surface area contributed by atoms with Crippen LogP contribution in [-0.4, -0.2) is 41.1 Å². The van der Waals surface area contributed by atoms with Gasteiger partial charge in [0, 0.05) is 34.3 Å². The molecule has 2 amide bonds. The van der Waals surface area contributed by atoms with Crippen LogP contribution < -0.4 is 15.4 Å². The molecule has 0 radical (unpaired) electrons. The number of nitrogens with one attached hydrogen (secondary N) is 2. The molecule has 2 atom stereocenters. The van der Waals surface area contributed by atoms with Crippen LogP contribution in [0, 0.1) is 0 Å². The van der Waals surface area contributed by atoms with Gasteiger partial charge in [-0.3, -0.25) is 9.59 Å². The van der Waals surface area contributed by atoms with Gasteiger partial charge in [0.1, 0.15) is 6.04 Å². The minimum Gasteiger partial charge on any atom is -0.503 e. The van der Waals surface area contributed by atoms with E-state index < -0.39 is 23.6 Å². The van der Waals surface area contributed by atoms with Gasteiger partial charge < -0.3 is 20.5 Å². The Labute approximate surface area is 208 Å². The molecule has 0 saturated heterocycles. The molecule has 7 nitrogen and oxygen atoms in total. The summed E-state index contributed by atoms with van der Waals surface area (Å²) < 4.78 is 5.00. The minimum absolute atomic E-state index is 0.111. The van der Waals surface area contributed by atoms with Crippen LogP contribution >= 0.6 is 23.2 Å². The fraction of sp³-hybridized carbons (Fsp3) is 0.240. The average Bonchev–Trinajstić information content (AvgIpc) is 2.81. The number of benzene rings is 2. The molecule has 0 aliphatic heterocycles. The van der Waals surface area contributed by atoms with E-state index >= 15 is 0 Å². The smallest absolute Gasteiger partial charge is 0.274 e. The summed E-state index contributed by atoms with van der Waals surface area (Å²) in [4.78, 5) is 29.4. The maximum absolute atomic E-state index is 12.9. The van der Waals surface area contributed by atoms with Gasteiger partial charge in [-0.2, -0.15) is 0 Å². The Hall–Kier alpha value is -3.29. The monoisotopic (exact) mass is 501 g/mol. The maximum Gasteiger partial charge on any atom is 0.274 e. The normalized spacial score (nSPS) is 12.6. The van der Waals surface area contributed by atoms with Gasteiger partial charge in [0.2, 0.25) is 5.91 Å². The molecule has 0 aliphatic rings. The van der Waals surface area contributed by atoms with Crippen LogP contribution in [0.25, 0.3) is 0 Å². The van der Waals surface area contributed by atoms with Gasteiger partial charge in [0.25, 0.3) is 5.91 Å². The van der Waals surface area contributed by atoms with Crippen LogP contribution in [0.15, 0.2) is 60.8 Å². The van der Waals surface area contributed by atoms with Crippen molar-refractivity contribution in [3.8, 4) is 11.5 Å². The molecule has 9 heteroatoms. The molecular formula is C25H25Cl2N3O4. The number of halogens is 2. The van der Waals surface area contributed by atoms with Gasteiger partial charge in [-0.15, -0.1) is 0 Å². The minimum atomic E-state index is -0.890. The highest BCUT2D eigenvalue weighted by molar-refractivity contribution is 6.30. The van der Waals surface area contributed by atoms with Crippen molar-refractivity contribution in [2.45, 2.75) is 31.8 Å². The van der Waals surface area contributed by atoms with Crippen molar-refractivity contribution in [3.63, 3.8) is 0 Å². The number of ether oxygens (including phenoxy) is 1. The number of methoxy groups -OCH3 is 1. The molecule has 3 aromatic rings. The van der Waals surface area contributed by atoms with Crippen molar-refractivity contribution in [3.05, 3.63) is 87.7 Å². The molecule has 0 fully saturated rings. The molecule has 3 N–H and O–H groups in total. The first kappa shape index (κ1) is 25.3. The molecule has 178 valence electrons. The van der Waals surface area contributed by atoms with Crippen molar-refractivity contribution in [2.24, 2.45) is 0 Å². The summed E-state index contributed by atoms with van der Waals surface area (Å²) in [5.74, 6) is -1.56. The van der Waals surface area contributed by atoms with Gasteiger partial charge >= 0.3 is 0 Å². The third kappa shape index (κ3) is 5.98. The van der Waals surface area contributed by atoms with E-state index in [1.54, 1.807) is 31.2 Å². The van der Waals surface area contributed by atoms with E-state index in [1.807, 2.05) is 31.2 Å². The molecule has 3 rings (SSSR count). The van der Waals surface area contributed by atoms with Crippen molar-refractivity contribution in [1.82, 2.24) is 15.6 Å². The van der Waals surface area contributed by atoms with Gasteiger partial charge in [0.15, 0.2) is 17.2 Å². The molecule has 0 unspecified atom stereocenters. The standard InChI is InChI=1S/C25H25Cl2N3O4/c1-14(21(16-4-8-18(26)9-5-16)17-6-10-19(27)11-7-17)29-24(32)15(2)30-25(33)22-23(31)20(34-3)12-13-28-22/h4-15,21,31H,1-3H3,(H,29,32)(H,30,33)/t14-,15-/m0/s1. The summed E-state index contributed by atoms with van der Waals surface area (Å²) in [5, 5.41) is 16.9. The summed E-state index contributed by atoms with van der Waals surface area (Å²) in [7, 11) is 1.37. The summed E-state index contributed by atoms with van der Waals surface area (Å²) in [5.41, 5.74) is 1.69. The Morgan fingerprint density at radius 1 is 0.912 bits per heavy atom. The number of amides is 2. The lowest BCUT2D eigenvalue weighted by Crippen LogP contribution is -2.49. The second-order valence-corrected chi connectivity index (χ2v) is 8.66. The summed E-state index contributed by atoms with van der Waals surface area (Å²) >= 11 is 12.1. The molecule has 2 aromatic carbocycles. The third-order valence-electron chi connectivity index (χ3n) is 5.39. The van der Waals surface area contributed by atoms with E-state index in [0.717, 1.165) is 11.1 Å². The second kappa shape index (κ2) is 11.2. The first-order valence-corrected chi connectivity index (χ1v) is 11.3. The van der Waals surface area contributed by atoms with Crippen molar-refractivity contribution < 1.29 is 19.4 Å². The molecular weight excluding hydrogens is 477 g/mol. The zero-order valence-electron chi connectivity index (χ0n) is 18.9. The van der Waals surface area contributed by atoms with Crippen LogP contribution in [0.1, 0.15) is 41.4 Å². The first-order valence-electron chi connectivity index (χ1n) is 10.6. The number of pyridine rings is 1. The van der Waals surface area contributed by atoms with Gasteiger partial charge in [0.05, 0.1) is 7.11 Å². The SMILES string of the molecule is COc1ccnc(C(=O)N[C@@H](C)C(=O)N[C@@H](C)C(c2ccc(Cl)cc2)c2ccc(Cl)cc2)c1O. The topological polar surface area (TPSA) is 101 Å². The lowest BCUT2D eigenvalue weighted by Gasteiger charge is -2.27. The average molecular weight is 502 g/mol. The van der Waals surface area contributed by atoms with Crippen molar-refractivity contribution >= 4 is 35.0 Å². The van der Waals surface area contributed by atoms with Crippen LogP contribution in [0.2, 0.25) is 10.0 Å². The van der Waals surface area contributed by atoms with E-state index in [9.17, 15) is 14.7 Å². The number of hydrogen-bond acceptors (Lipinski definition) is 5. The van der Waals surface area contributed by atoms with Gasteiger partial charge in [-0.25, -0.2) is 4.98 Å². The number of aromatic nitrogens is 1. The quantitative estimate of drug-likeness (QED) is 0.420. The number of rotatable bonds is 8.